The molecule has 2 nitrogen and oxygen atoms in total. The smallest absolute Gasteiger partial charge is 0.303 e. The summed E-state index contributed by atoms with van der Waals surface area (Å²) < 4.78 is 36.8. The highest BCUT2D eigenvalue weighted by Gasteiger charge is 2.33. The first-order valence-electron chi connectivity index (χ1n) is 6.39. The van der Waals surface area contributed by atoms with E-state index in [-0.39, 0.29) is 12.5 Å². The molecule has 0 spiro atoms. The largest absolute Gasteiger partial charge is 0.389 e. The van der Waals surface area contributed by atoms with Crippen LogP contribution in [0.1, 0.15) is 50.7 Å². The first-order valence-corrected chi connectivity index (χ1v) is 7.27. The molecule has 6 heteroatoms. The van der Waals surface area contributed by atoms with Gasteiger partial charge in [0.25, 0.3) is 0 Å². The first kappa shape index (κ1) is 16.4. The fraction of sp³-hybridized carbons (Fsp3) is 0.769. The van der Waals surface area contributed by atoms with Crippen molar-refractivity contribution >= 4 is 11.3 Å². The van der Waals surface area contributed by atoms with Crippen LogP contribution in [0.3, 0.4) is 0 Å². The van der Waals surface area contributed by atoms with Crippen LogP contribution in [-0.4, -0.2) is 17.2 Å². The fourth-order valence-corrected chi connectivity index (χ4v) is 3.08. The van der Waals surface area contributed by atoms with E-state index >= 15 is 0 Å². The first-order chi connectivity index (χ1) is 8.62. The number of hydrogen-bond donors (Lipinski definition) is 1. The molecule has 110 valence electrons. The topological polar surface area (TPSA) is 24.9 Å². The zero-order chi connectivity index (χ0) is 14.7. The molecule has 1 heterocycles. The van der Waals surface area contributed by atoms with E-state index in [1.165, 1.54) is 11.3 Å². The van der Waals surface area contributed by atoms with Crippen molar-refractivity contribution < 1.29 is 13.2 Å². The van der Waals surface area contributed by atoms with Gasteiger partial charge in [0, 0.05) is 23.5 Å². The van der Waals surface area contributed by atoms with Gasteiger partial charge in [-0.05, 0) is 40.5 Å². The second-order valence-corrected chi connectivity index (χ2v) is 6.25. The predicted octanol–water partition coefficient (Wildman–Crippen LogP) is 4.40. The molecule has 1 aromatic heterocycles. The molecule has 0 aliphatic carbocycles. The lowest BCUT2D eigenvalue weighted by Crippen LogP contribution is -2.43. The molecule has 0 aliphatic rings. The number of nitrogens with zero attached hydrogens (tertiary/aromatic N) is 1. The zero-order valence-electron chi connectivity index (χ0n) is 11.8. The van der Waals surface area contributed by atoms with Crippen molar-refractivity contribution in [3.05, 3.63) is 16.1 Å². The Balaban J connectivity index is 2.76. The van der Waals surface area contributed by atoms with Gasteiger partial charge in [0.2, 0.25) is 0 Å². The average Bonchev–Trinajstić information content (AvgIpc) is 2.62. The van der Waals surface area contributed by atoms with E-state index in [0.29, 0.717) is 6.42 Å². The van der Waals surface area contributed by atoms with E-state index in [1.54, 1.807) is 0 Å². The van der Waals surface area contributed by atoms with Gasteiger partial charge < -0.3 is 5.32 Å². The molecule has 0 radical (unpaired) electrons. The molecular weight excluding hydrogens is 273 g/mol. The minimum atomic E-state index is -4.09. The van der Waals surface area contributed by atoms with E-state index in [9.17, 15) is 13.2 Å². The summed E-state index contributed by atoms with van der Waals surface area (Å²) in [5.41, 5.74) is 0.422. The third-order valence-electron chi connectivity index (χ3n) is 2.84. The lowest BCUT2D eigenvalue weighted by atomic mass is 9.94. The number of aromatic nitrogens is 1. The lowest BCUT2D eigenvalue weighted by molar-refractivity contribution is -0.136. The van der Waals surface area contributed by atoms with Crippen molar-refractivity contribution in [2.45, 2.75) is 64.7 Å². The van der Waals surface area contributed by atoms with Crippen LogP contribution in [0.15, 0.2) is 5.38 Å². The highest BCUT2D eigenvalue weighted by atomic mass is 32.1. The van der Waals surface area contributed by atoms with Crippen LogP contribution in [0.25, 0.3) is 0 Å². The number of thiazole rings is 1. The Hall–Kier alpha value is -0.620. The molecule has 0 aliphatic heterocycles. The molecular formula is C13H21F3N2S. The van der Waals surface area contributed by atoms with Crippen LogP contribution >= 0.6 is 11.3 Å². The highest BCUT2D eigenvalue weighted by molar-refractivity contribution is 7.09. The van der Waals surface area contributed by atoms with Crippen LogP contribution in [0, 0.1) is 6.92 Å². The summed E-state index contributed by atoms with van der Waals surface area (Å²) in [6, 6.07) is 0.195. The van der Waals surface area contributed by atoms with Crippen molar-refractivity contribution in [1.82, 2.24) is 10.3 Å². The van der Waals surface area contributed by atoms with Gasteiger partial charge in [-0.25, -0.2) is 4.98 Å². The standard InChI is InChI=1S/C13H21F3N2S/c1-9(2)18-12(4,6-5-7-13(14,15)16)11-17-10(3)8-19-11/h8-9,18H,5-7H2,1-4H3. The Labute approximate surface area is 116 Å². The molecule has 0 amide bonds. The highest BCUT2D eigenvalue weighted by Crippen LogP contribution is 2.32. The Morgan fingerprint density at radius 1 is 1.32 bits per heavy atom. The monoisotopic (exact) mass is 294 g/mol. The number of alkyl halides is 3. The maximum atomic E-state index is 12.3. The Kier molecular flexibility index (Phi) is 5.38. The normalized spacial score (nSPS) is 15.8. The number of halogens is 3. The molecule has 1 unspecified atom stereocenters. The quantitative estimate of drug-likeness (QED) is 0.841. The molecule has 0 fully saturated rings. The second kappa shape index (κ2) is 6.22. The van der Waals surface area contributed by atoms with Crippen molar-refractivity contribution in [2.24, 2.45) is 0 Å². The molecule has 1 atom stereocenters. The number of hydrogen-bond acceptors (Lipinski definition) is 3. The summed E-state index contributed by atoms with van der Waals surface area (Å²) in [7, 11) is 0. The van der Waals surface area contributed by atoms with E-state index in [2.05, 4.69) is 10.3 Å². The summed E-state index contributed by atoms with van der Waals surface area (Å²) in [4.78, 5) is 4.43. The van der Waals surface area contributed by atoms with Crippen molar-refractivity contribution in [2.75, 3.05) is 0 Å². The molecule has 0 aromatic carbocycles. The fourth-order valence-electron chi connectivity index (χ4n) is 2.13. The van der Waals surface area contributed by atoms with Gasteiger partial charge in [-0.15, -0.1) is 11.3 Å². The number of rotatable bonds is 6. The summed E-state index contributed by atoms with van der Waals surface area (Å²) >= 11 is 1.50. The molecule has 1 aromatic rings. The van der Waals surface area contributed by atoms with E-state index in [4.69, 9.17) is 0 Å². The van der Waals surface area contributed by atoms with Crippen molar-refractivity contribution in [1.29, 1.82) is 0 Å². The SMILES string of the molecule is Cc1csc(C(C)(CCCC(F)(F)F)NC(C)C)n1. The third-order valence-corrected chi connectivity index (χ3v) is 4.06. The minimum Gasteiger partial charge on any atom is -0.303 e. The van der Waals surface area contributed by atoms with Gasteiger partial charge in [0.05, 0.1) is 5.54 Å². The van der Waals surface area contributed by atoms with Crippen LogP contribution in [0.4, 0.5) is 13.2 Å². The van der Waals surface area contributed by atoms with Crippen molar-refractivity contribution in [3.8, 4) is 0 Å². The lowest BCUT2D eigenvalue weighted by Gasteiger charge is -2.31. The third kappa shape index (κ3) is 5.48. The Morgan fingerprint density at radius 3 is 2.37 bits per heavy atom. The Bertz CT molecular complexity index is 401. The van der Waals surface area contributed by atoms with Gasteiger partial charge in [-0.3, -0.25) is 0 Å². The van der Waals surface area contributed by atoms with Gasteiger partial charge in [0.1, 0.15) is 5.01 Å². The predicted molar refractivity (Wildman–Crippen MR) is 72.4 cm³/mol. The maximum absolute atomic E-state index is 12.3. The van der Waals surface area contributed by atoms with E-state index < -0.39 is 18.1 Å². The van der Waals surface area contributed by atoms with Gasteiger partial charge in [0.15, 0.2) is 0 Å². The maximum Gasteiger partial charge on any atom is 0.389 e. The molecule has 19 heavy (non-hydrogen) atoms. The summed E-state index contributed by atoms with van der Waals surface area (Å²) in [6.45, 7) is 7.80. The van der Waals surface area contributed by atoms with Crippen LogP contribution in [0.2, 0.25) is 0 Å². The summed E-state index contributed by atoms with van der Waals surface area (Å²) in [5, 5.41) is 6.14. The average molecular weight is 294 g/mol. The molecule has 0 saturated carbocycles. The Morgan fingerprint density at radius 2 is 1.95 bits per heavy atom. The summed E-state index contributed by atoms with van der Waals surface area (Å²) in [6.07, 6.45) is -4.29. The van der Waals surface area contributed by atoms with Crippen LogP contribution in [-0.2, 0) is 5.54 Å². The minimum absolute atomic E-state index is 0.109. The van der Waals surface area contributed by atoms with Crippen LogP contribution in [0.5, 0.6) is 0 Å². The molecule has 1 N–H and O–H groups in total. The van der Waals surface area contributed by atoms with Crippen molar-refractivity contribution in [3.63, 3.8) is 0 Å². The second-order valence-electron chi connectivity index (χ2n) is 5.39. The van der Waals surface area contributed by atoms with Gasteiger partial charge >= 0.3 is 6.18 Å². The number of nitrogens with one attached hydrogen (secondary N) is 1. The van der Waals surface area contributed by atoms with Crippen LogP contribution < -0.4 is 5.32 Å². The summed E-state index contributed by atoms with van der Waals surface area (Å²) in [5.74, 6) is 0. The molecule has 1 rings (SSSR count). The van der Waals surface area contributed by atoms with E-state index in [1.807, 2.05) is 33.1 Å². The van der Waals surface area contributed by atoms with Gasteiger partial charge in [-0.1, -0.05) is 0 Å². The van der Waals surface area contributed by atoms with Gasteiger partial charge in [-0.2, -0.15) is 13.2 Å². The molecule has 0 bridgehead atoms. The van der Waals surface area contributed by atoms with E-state index in [0.717, 1.165) is 10.7 Å². The molecule has 0 saturated heterocycles. The zero-order valence-corrected chi connectivity index (χ0v) is 12.6. The number of aryl methyl sites for hydroxylation is 1.